The van der Waals surface area contributed by atoms with E-state index in [1.165, 1.54) is 18.1 Å². The summed E-state index contributed by atoms with van der Waals surface area (Å²) in [6.45, 7) is -0.807. The summed E-state index contributed by atoms with van der Waals surface area (Å²) in [6.07, 6.45) is 0.938. The molecule has 116 valence electrons. The summed E-state index contributed by atoms with van der Waals surface area (Å²) >= 11 is 0. The Bertz CT molecular complexity index is 534. The van der Waals surface area contributed by atoms with Crippen molar-refractivity contribution in [1.82, 2.24) is 4.90 Å². The molecule has 0 unspecified atom stereocenters. The van der Waals surface area contributed by atoms with Crippen LogP contribution in [0.25, 0.3) is 0 Å². The van der Waals surface area contributed by atoms with Crippen LogP contribution in [0.2, 0.25) is 0 Å². The monoisotopic (exact) mass is 301 g/mol. The van der Waals surface area contributed by atoms with Crippen molar-refractivity contribution in [1.29, 1.82) is 0 Å². The molecule has 1 saturated heterocycles. The highest BCUT2D eigenvalue weighted by molar-refractivity contribution is 5.69. The number of methoxy groups -OCH3 is 1. The summed E-state index contributed by atoms with van der Waals surface area (Å²) in [5.74, 6) is -0.979. The van der Waals surface area contributed by atoms with Crippen molar-refractivity contribution in [3.05, 3.63) is 32.1 Å². The van der Waals surface area contributed by atoms with E-state index in [9.17, 15) is 25.0 Å². The van der Waals surface area contributed by atoms with Crippen molar-refractivity contribution >= 4 is 5.97 Å². The number of rotatable bonds is 5. The summed E-state index contributed by atoms with van der Waals surface area (Å²) in [6, 6.07) is 0. The number of ether oxygens (including phenoxy) is 1. The number of nitro groups is 2. The van der Waals surface area contributed by atoms with Crippen LogP contribution in [0.4, 0.5) is 0 Å². The lowest BCUT2D eigenvalue weighted by atomic mass is 9.71. The van der Waals surface area contributed by atoms with E-state index in [2.05, 4.69) is 0 Å². The van der Waals surface area contributed by atoms with Crippen molar-refractivity contribution in [2.75, 3.05) is 26.7 Å². The lowest BCUT2D eigenvalue weighted by Gasteiger charge is -2.44. The molecule has 2 aliphatic rings. The average molecular weight is 301 g/mol. The van der Waals surface area contributed by atoms with Crippen molar-refractivity contribution < 1.29 is 24.5 Å². The zero-order valence-corrected chi connectivity index (χ0v) is 11.4. The highest BCUT2D eigenvalue weighted by Gasteiger charge is 2.64. The minimum Gasteiger partial charge on any atom is -0.501 e. The third-order valence-electron chi connectivity index (χ3n) is 3.96. The molecular formula is C11H15N3O7. The molecule has 1 heterocycles. The van der Waals surface area contributed by atoms with Crippen LogP contribution in [0.1, 0.15) is 12.8 Å². The van der Waals surface area contributed by atoms with Crippen LogP contribution in [0.15, 0.2) is 11.8 Å². The van der Waals surface area contributed by atoms with Crippen LogP contribution in [0.5, 0.6) is 0 Å². The molecule has 0 aromatic rings. The van der Waals surface area contributed by atoms with Gasteiger partial charge in [0.25, 0.3) is 5.54 Å². The zero-order valence-electron chi connectivity index (χ0n) is 11.4. The Morgan fingerprint density at radius 3 is 2.57 bits per heavy atom. The standard InChI is InChI=1S/C11H15N3O7/c1-21-8-2-10(13(17)18)5-11(3-8,14(19)20)7-12(6-10)4-9(15)16/h2H,3-7H2,1H3,(H,15,16)/t10-,11-/m1/s1. The number of fused-ring (bicyclic) bond motifs is 2. The third kappa shape index (κ3) is 2.53. The van der Waals surface area contributed by atoms with E-state index in [-0.39, 0.29) is 31.7 Å². The quantitative estimate of drug-likeness (QED) is 0.542. The van der Waals surface area contributed by atoms with Crippen molar-refractivity contribution in [2.45, 2.75) is 23.9 Å². The molecule has 2 atom stereocenters. The zero-order chi connectivity index (χ0) is 15.8. The van der Waals surface area contributed by atoms with Gasteiger partial charge < -0.3 is 9.84 Å². The molecule has 0 spiro atoms. The summed E-state index contributed by atoms with van der Waals surface area (Å²) in [5, 5.41) is 31.8. The highest BCUT2D eigenvalue weighted by atomic mass is 16.6. The Kier molecular flexibility index (Phi) is 3.58. The van der Waals surface area contributed by atoms with Gasteiger partial charge in [-0.3, -0.25) is 29.9 Å². The normalized spacial score (nSPS) is 32.1. The number of likely N-dealkylation sites (tertiary alicyclic amines) is 1. The largest absolute Gasteiger partial charge is 0.501 e. The fraction of sp³-hybridized carbons (Fsp3) is 0.727. The van der Waals surface area contributed by atoms with E-state index in [0.29, 0.717) is 0 Å². The van der Waals surface area contributed by atoms with E-state index >= 15 is 0 Å². The van der Waals surface area contributed by atoms with Gasteiger partial charge in [0.15, 0.2) is 0 Å². The molecule has 0 aromatic heterocycles. The highest BCUT2D eigenvalue weighted by Crippen LogP contribution is 2.43. The molecule has 2 bridgehead atoms. The van der Waals surface area contributed by atoms with E-state index < -0.39 is 33.4 Å². The molecule has 0 aromatic carbocycles. The minimum absolute atomic E-state index is 0.0811. The van der Waals surface area contributed by atoms with Gasteiger partial charge in [-0.1, -0.05) is 0 Å². The van der Waals surface area contributed by atoms with Gasteiger partial charge in [-0.05, 0) is 0 Å². The predicted octanol–water partition coefficient (Wildman–Crippen LogP) is -0.258. The second kappa shape index (κ2) is 4.95. The molecule has 1 aliphatic carbocycles. The van der Waals surface area contributed by atoms with Crippen LogP contribution in [-0.2, 0) is 9.53 Å². The van der Waals surface area contributed by atoms with Gasteiger partial charge in [0.05, 0.1) is 39.6 Å². The third-order valence-corrected chi connectivity index (χ3v) is 3.96. The van der Waals surface area contributed by atoms with Gasteiger partial charge in [-0.2, -0.15) is 0 Å². The maximum atomic E-state index is 11.5. The predicted molar refractivity (Wildman–Crippen MR) is 67.9 cm³/mol. The first-order valence-electron chi connectivity index (χ1n) is 6.22. The van der Waals surface area contributed by atoms with Crippen LogP contribution < -0.4 is 0 Å². The Hall–Kier alpha value is -2.23. The van der Waals surface area contributed by atoms with Gasteiger partial charge in [0, 0.05) is 15.9 Å². The van der Waals surface area contributed by atoms with Gasteiger partial charge in [0.1, 0.15) is 5.76 Å². The molecule has 0 amide bonds. The topological polar surface area (TPSA) is 136 Å². The van der Waals surface area contributed by atoms with Crippen molar-refractivity contribution in [3.63, 3.8) is 0 Å². The van der Waals surface area contributed by atoms with Gasteiger partial charge in [-0.15, -0.1) is 0 Å². The molecule has 1 N–H and O–H groups in total. The van der Waals surface area contributed by atoms with Crippen molar-refractivity contribution in [2.24, 2.45) is 0 Å². The Balaban J connectivity index is 2.48. The van der Waals surface area contributed by atoms with Crippen LogP contribution in [-0.4, -0.2) is 63.6 Å². The maximum absolute atomic E-state index is 11.5. The molecule has 1 aliphatic heterocycles. The van der Waals surface area contributed by atoms with Crippen molar-refractivity contribution in [3.8, 4) is 0 Å². The second-order valence-corrected chi connectivity index (χ2v) is 5.55. The number of nitrogens with zero attached hydrogens (tertiary/aromatic N) is 3. The van der Waals surface area contributed by atoms with Gasteiger partial charge in [-0.25, -0.2) is 0 Å². The maximum Gasteiger partial charge on any atom is 0.317 e. The average Bonchev–Trinajstić information content (AvgIpc) is 2.36. The SMILES string of the molecule is COC1=C[C@]2([N+](=O)[O-])CN(CC(=O)O)C[C@@]([N+](=O)[O-])(C1)C2. The van der Waals surface area contributed by atoms with E-state index in [1.807, 2.05) is 0 Å². The molecule has 21 heavy (non-hydrogen) atoms. The van der Waals surface area contributed by atoms with Gasteiger partial charge in [0.2, 0.25) is 5.54 Å². The Morgan fingerprint density at radius 2 is 2.10 bits per heavy atom. The van der Waals surface area contributed by atoms with E-state index in [0.717, 1.165) is 0 Å². The summed E-state index contributed by atoms with van der Waals surface area (Å²) in [4.78, 5) is 33.9. The first-order chi connectivity index (χ1) is 9.73. The number of carboxylic acids is 1. The van der Waals surface area contributed by atoms with Crippen LogP contribution in [0.3, 0.4) is 0 Å². The number of hydrogen-bond donors (Lipinski definition) is 1. The van der Waals surface area contributed by atoms with Gasteiger partial charge >= 0.3 is 5.97 Å². The summed E-state index contributed by atoms with van der Waals surface area (Å²) in [5.41, 5.74) is -3.29. The van der Waals surface area contributed by atoms with E-state index in [4.69, 9.17) is 9.84 Å². The number of carbonyl (C=O) groups is 1. The molecule has 1 fully saturated rings. The lowest BCUT2D eigenvalue weighted by molar-refractivity contribution is -0.620. The molecular weight excluding hydrogens is 286 g/mol. The number of hydrogen-bond acceptors (Lipinski definition) is 7. The number of carboxylic acid groups (broad SMARTS) is 1. The van der Waals surface area contributed by atoms with Crippen LogP contribution >= 0.6 is 0 Å². The minimum atomic E-state index is -1.69. The summed E-state index contributed by atoms with van der Waals surface area (Å²) in [7, 11) is 1.31. The molecule has 10 heteroatoms. The van der Waals surface area contributed by atoms with Crippen LogP contribution in [0, 0.1) is 20.2 Å². The summed E-state index contributed by atoms with van der Waals surface area (Å²) < 4.78 is 5.01. The lowest BCUT2D eigenvalue weighted by Crippen LogP contribution is -2.67. The Morgan fingerprint density at radius 1 is 1.43 bits per heavy atom. The van der Waals surface area contributed by atoms with E-state index in [1.54, 1.807) is 0 Å². The Labute approximate surface area is 119 Å². The fourth-order valence-electron chi connectivity index (χ4n) is 3.23. The first kappa shape index (κ1) is 15.2. The molecule has 0 radical (unpaired) electrons. The second-order valence-electron chi connectivity index (χ2n) is 5.55. The number of piperidine rings is 1. The number of aliphatic carboxylic acids is 1. The first-order valence-corrected chi connectivity index (χ1v) is 6.22. The molecule has 0 saturated carbocycles. The molecule has 2 rings (SSSR count). The smallest absolute Gasteiger partial charge is 0.317 e. The molecule has 10 nitrogen and oxygen atoms in total. The fourth-order valence-corrected chi connectivity index (χ4v) is 3.23.